The molecule has 1 aliphatic rings. The molecule has 7 heteroatoms. The van der Waals surface area contributed by atoms with Crippen LogP contribution in [0.5, 0.6) is 0 Å². The molecular weight excluding hydrogens is 294 g/mol. The van der Waals surface area contributed by atoms with Gasteiger partial charge in [-0.1, -0.05) is 11.6 Å². The second kappa shape index (κ2) is 8.67. The van der Waals surface area contributed by atoms with E-state index in [1.807, 2.05) is 19.9 Å². The molecule has 1 atom stereocenters. The van der Waals surface area contributed by atoms with Gasteiger partial charge in [-0.3, -0.25) is 9.59 Å². The molecule has 1 aromatic rings. The van der Waals surface area contributed by atoms with E-state index in [0.29, 0.717) is 30.8 Å². The van der Waals surface area contributed by atoms with Crippen LogP contribution in [0.1, 0.15) is 29.3 Å². The highest BCUT2D eigenvalue weighted by molar-refractivity contribution is 6.12. The smallest absolute Gasteiger partial charge is 0.256 e. The Morgan fingerprint density at radius 1 is 1.39 bits per heavy atom. The van der Waals surface area contributed by atoms with Crippen LogP contribution in [0.2, 0.25) is 0 Å². The zero-order chi connectivity index (χ0) is 17.4. The number of carbonyl (C=O) groups excluding carboxylic acids is 2. The van der Waals surface area contributed by atoms with Gasteiger partial charge in [0.2, 0.25) is 5.91 Å². The minimum Gasteiger partial charge on any atom is -0.398 e. The first-order valence-electron chi connectivity index (χ1n) is 7.34. The normalized spacial score (nSPS) is 17.2. The molecule has 2 amide bonds. The molecule has 1 aliphatic heterocycles. The minimum atomic E-state index is -0.116. The first-order valence-corrected chi connectivity index (χ1v) is 7.34. The Morgan fingerprint density at radius 2 is 2.04 bits per heavy atom. The highest BCUT2D eigenvalue weighted by atomic mass is 16.2. The number of benzene rings is 1. The molecule has 0 bridgehead atoms. The second-order valence-corrected chi connectivity index (χ2v) is 5.33. The third kappa shape index (κ3) is 5.21. The lowest BCUT2D eigenvalue weighted by molar-refractivity contribution is -0.121. The number of hydrogen-bond donors (Lipinski definition) is 4. The van der Waals surface area contributed by atoms with Crippen LogP contribution in [0.15, 0.2) is 18.2 Å². The molecule has 0 radical (unpaired) electrons. The van der Waals surface area contributed by atoms with Crippen molar-refractivity contribution in [2.45, 2.75) is 26.3 Å². The molecule has 5 N–H and O–H groups in total. The Labute approximate surface area is 135 Å². The van der Waals surface area contributed by atoms with Gasteiger partial charge in [0.1, 0.15) is 0 Å². The third-order valence-electron chi connectivity index (χ3n) is 3.47. The summed E-state index contributed by atoms with van der Waals surface area (Å²) in [6.45, 7) is 4.81. The maximum atomic E-state index is 12.5. The van der Waals surface area contributed by atoms with E-state index in [1.54, 1.807) is 17.0 Å². The fourth-order valence-electron chi connectivity index (χ4n) is 2.30. The average molecular weight is 317 g/mol. The van der Waals surface area contributed by atoms with Crippen molar-refractivity contribution >= 4 is 29.9 Å². The lowest BCUT2D eigenvalue weighted by Gasteiger charge is -2.26. The summed E-state index contributed by atoms with van der Waals surface area (Å²) in [7, 11) is 0. The molecular formula is C16H23N5O2. The van der Waals surface area contributed by atoms with Crippen molar-refractivity contribution in [2.75, 3.05) is 18.8 Å². The number of nitrogen functional groups attached to an aromatic ring is 1. The van der Waals surface area contributed by atoms with Crippen molar-refractivity contribution in [2.24, 2.45) is 0 Å². The fourth-order valence-corrected chi connectivity index (χ4v) is 2.30. The Balaban J connectivity index is 0.000000593. The summed E-state index contributed by atoms with van der Waals surface area (Å²) in [5.74, 6) is -0.120. The van der Waals surface area contributed by atoms with Crippen molar-refractivity contribution in [1.82, 2.24) is 10.2 Å². The van der Waals surface area contributed by atoms with Crippen molar-refractivity contribution in [3.63, 3.8) is 0 Å². The molecule has 23 heavy (non-hydrogen) atoms. The lowest BCUT2D eigenvalue weighted by atomic mass is 10.1. The zero-order valence-electron chi connectivity index (χ0n) is 13.4. The van der Waals surface area contributed by atoms with Crippen LogP contribution in [0, 0.1) is 17.7 Å². The van der Waals surface area contributed by atoms with Gasteiger partial charge in [-0.05, 0) is 26.0 Å². The summed E-state index contributed by atoms with van der Waals surface area (Å²) in [6, 6.07) is 5.30. The van der Waals surface area contributed by atoms with Gasteiger partial charge in [0.05, 0.1) is 5.56 Å². The second-order valence-electron chi connectivity index (χ2n) is 5.33. The Kier molecular flexibility index (Phi) is 6.92. The van der Waals surface area contributed by atoms with Gasteiger partial charge < -0.3 is 26.8 Å². The molecule has 0 saturated carbocycles. The standard InChI is InChI=1S/C14H19N3O2.C2H4N2/c1-9-3-4-12(15)11(7-9)14(19)17-6-5-16-13(18)8-10(17)2;3-1-2-4/h3-4,7,10H,5-6,8,15H2,1-2H3,(H,16,18);1-4H. The summed E-state index contributed by atoms with van der Waals surface area (Å²) in [4.78, 5) is 25.7. The summed E-state index contributed by atoms with van der Waals surface area (Å²) in [5, 5.41) is 14.9. The van der Waals surface area contributed by atoms with Crippen LogP contribution in [0.3, 0.4) is 0 Å². The SMILES string of the molecule is Cc1ccc(N)c(C(=O)N2CCNC(=O)CC2C)c1.N=CC=N. The van der Waals surface area contributed by atoms with Crippen LogP contribution in [-0.4, -0.2) is 48.3 Å². The number of carbonyl (C=O) groups is 2. The molecule has 1 heterocycles. The molecule has 0 aliphatic carbocycles. The monoisotopic (exact) mass is 317 g/mol. The van der Waals surface area contributed by atoms with E-state index in [4.69, 9.17) is 16.6 Å². The van der Waals surface area contributed by atoms with Gasteiger partial charge in [-0.2, -0.15) is 0 Å². The summed E-state index contributed by atoms with van der Waals surface area (Å²) in [6.07, 6.45) is 2.16. The largest absolute Gasteiger partial charge is 0.398 e. The highest BCUT2D eigenvalue weighted by Gasteiger charge is 2.26. The first kappa shape index (κ1) is 18.3. The Morgan fingerprint density at radius 3 is 2.65 bits per heavy atom. The van der Waals surface area contributed by atoms with E-state index in [9.17, 15) is 9.59 Å². The molecule has 0 spiro atoms. The summed E-state index contributed by atoms with van der Waals surface area (Å²) >= 11 is 0. The van der Waals surface area contributed by atoms with Crippen LogP contribution in [-0.2, 0) is 4.79 Å². The van der Waals surface area contributed by atoms with Crippen molar-refractivity contribution in [3.8, 4) is 0 Å². The van der Waals surface area contributed by atoms with E-state index in [1.165, 1.54) is 0 Å². The van der Waals surface area contributed by atoms with Gasteiger partial charge in [-0.15, -0.1) is 0 Å². The molecule has 0 aromatic heterocycles. The van der Waals surface area contributed by atoms with Gasteiger partial charge in [0, 0.05) is 43.7 Å². The van der Waals surface area contributed by atoms with Gasteiger partial charge in [0.15, 0.2) is 0 Å². The Hall–Kier alpha value is -2.70. The highest BCUT2D eigenvalue weighted by Crippen LogP contribution is 2.19. The van der Waals surface area contributed by atoms with Gasteiger partial charge >= 0.3 is 0 Å². The van der Waals surface area contributed by atoms with E-state index in [2.05, 4.69) is 5.32 Å². The molecule has 1 fully saturated rings. The average Bonchev–Trinajstić information content (AvgIpc) is 2.69. The van der Waals surface area contributed by atoms with Crippen molar-refractivity contribution < 1.29 is 9.59 Å². The number of aryl methyl sites for hydroxylation is 1. The lowest BCUT2D eigenvalue weighted by Crippen LogP contribution is -2.40. The molecule has 7 nitrogen and oxygen atoms in total. The van der Waals surface area contributed by atoms with Gasteiger partial charge in [-0.25, -0.2) is 0 Å². The quantitative estimate of drug-likeness (QED) is 0.484. The van der Waals surface area contributed by atoms with Crippen LogP contribution in [0.25, 0.3) is 0 Å². The van der Waals surface area contributed by atoms with E-state index >= 15 is 0 Å². The fraction of sp³-hybridized carbons (Fsp3) is 0.375. The molecule has 1 saturated heterocycles. The minimum absolute atomic E-state index is 0.0139. The van der Waals surface area contributed by atoms with Crippen molar-refractivity contribution in [1.29, 1.82) is 10.8 Å². The zero-order valence-corrected chi connectivity index (χ0v) is 13.4. The molecule has 1 aromatic carbocycles. The van der Waals surface area contributed by atoms with E-state index < -0.39 is 0 Å². The summed E-state index contributed by atoms with van der Waals surface area (Å²) < 4.78 is 0. The molecule has 1 unspecified atom stereocenters. The predicted molar refractivity (Wildman–Crippen MR) is 91.3 cm³/mol. The van der Waals surface area contributed by atoms with Crippen LogP contribution < -0.4 is 11.1 Å². The first-order chi connectivity index (χ1) is 10.9. The predicted octanol–water partition coefficient (Wildman–Crippen LogP) is 1.21. The van der Waals surface area contributed by atoms with Crippen LogP contribution >= 0.6 is 0 Å². The summed E-state index contributed by atoms with van der Waals surface area (Å²) in [5.41, 5.74) is 7.87. The van der Waals surface area contributed by atoms with Crippen LogP contribution in [0.4, 0.5) is 5.69 Å². The maximum absolute atomic E-state index is 12.5. The number of rotatable bonds is 2. The van der Waals surface area contributed by atoms with Crippen molar-refractivity contribution in [3.05, 3.63) is 29.3 Å². The van der Waals surface area contributed by atoms with Gasteiger partial charge in [0.25, 0.3) is 5.91 Å². The third-order valence-corrected chi connectivity index (χ3v) is 3.47. The van der Waals surface area contributed by atoms with E-state index in [-0.39, 0.29) is 17.9 Å². The maximum Gasteiger partial charge on any atom is 0.256 e. The topological polar surface area (TPSA) is 123 Å². The number of anilines is 1. The molecule has 2 rings (SSSR count). The number of nitrogens with two attached hydrogens (primary N) is 1. The molecule has 124 valence electrons. The Bertz CT molecular complexity index is 594. The number of amides is 2. The van der Waals surface area contributed by atoms with E-state index in [0.717, 1.165) is 18.0 Å². The number of nitrogens with zero attached hydrogens (tertiary/aromatic N) is 1. The number of nitrogens with one attached hydrogen (secondary N) is 3. The number of hydrogen-bond acceptors (Lipinski definition) is 5.